The van der Waals surface area contributed by atoms with Gasteiger partial charge in [-0.1, -0.05) is 12.2 Å². The number of ether oxygens (including phenoxy) is 2. The summed E-state index contributed by atoms with van der Waals surface area (Å²) in [6.45, 7) is 4.67. The number of aryl methyl sites for hydroxylation is 2. The number of nitrogens with zero attached hydrogens (tertiary/aromatic N) is 6. The van der Waals surface area contributed by atoms with E-state index < -0.39 is 17.7 Å². The quantitative estimate of drug-likeness (QED) is 0.235. The zero-order chi connectivity index (χ0) is 28.8. The third-order valence-corrected chi connectivity index (χ3v) is 5.88. The summed E-state index contributed by atoms with van der Waals surface area (Å²) in [4.78, 5) is 49.9. The van der Waals surface area contributed by atoms with Gasteiger partial charge in [0.1, 0.15) is 22.7 Å². The van der Waals surface area contributed by atoms with Crippen LogP contribution in [-0.4, -0.2) is 67.8 Å². The molecule has 1 aromatic carbocycles. The molecule has 0 bridgehead atoms. The molecule has 40 heavy (non-hydrogen) atoms. The van der Waals surface area contributed by atoms with Crippen molar-refractivity contribution >= 4 is 34.7 Å². The molecule has 0 unspecified atom stereocenters. The zero-order valence-corrected chi connectivity index (χ0v) is 22.5. The van der Waals surface area contributed by atoms with Crippen LogP contribution in [0.25, 0.3) is 11.0 Å². The summed E-state index contributed by atoms with van der Waals surface area (Å²) < 4.78 is 13.8. The fourth-order valence-corrected chi connectivity index (χ4v) is 3.98. The van der Waals surface area contributed by atoms with E-state index in [2.05, 4.69) is 30.7 Å². The number of fused-ring (bicyclic) bond motifs is 1. The number of amides is 3. The second-order valence-electron chi connectivity index (χ2n) is 8.52. The van der Waals surface area contributed by atoms with Gasteiger partial charge < -0.3 is 25.1 Å². The Morgan fingerprint density at radius 1 is 1.05 bits per heavy atom. The molecule has 3 aromatic heterocycles. The van der Waals surface area contributed by atoms with Crippen LogP contribution in [0.2, 0.25) is 0 Å². The lowest BCUT2D eigenvalue weighted by atomic mass is 10.1. The molecular formula is C26H29N9O5. The molecule has 0 radical (unpaired) electrons. The molecule has 208 valence electrons. The molecule has 0 atom stereocenters. The van der Waals surface area contributed by atoms with E-state index in [0.29, 0.717) is 40.6 Å². The predicted molar refractivity (Wildman–Crippen MR) is 145 cm³/mol. The first-order valence-electron chi connectivity index (χ1n) is 12.3. The summed E-state index contributed by atoms with van der Waals surface area (Å²) in [5.41, 5.74) is 7.89. The van der Waals surface area contributed by atoms with E-state index >= 15 is 0 Å². The molecule has 0 saturated carbocycles. The van der Waals surface area contributed by atoms with Crippen LogP contribution in [0.15, 0.2) is 42.7 Å². The van der Waals surface area contributed by atoms with E-state index in [-0.39, 0.29) is 30.3 Å². The number of carbonyl (C=O) groups excluding carboxylic acids is 3. The summed E-state index contributed by atoms with van der Waals surface area (Å²) in [5, 5.41) is 9.90. The topological polar surface area (TPSA) is 181 Å². The summed E-state index contributed by atoms with van der Waals surface area (Å²) in [7, 11) is 2.92. The molecule has 0 saturated heterocycles. The maximum atomic E-state index is 13.2. The van der Waals surface area contributed by atoms with Crippen LogP contribution in [0.5, 0.6) is 11.6 Å². The van der Waals surface area contributed by atoms with E-state index in [1.807, 2.05) is 6.92 Å². The van der Waals surface area contributed by atoms with Crippen molar-refractivity contribution in [2.75, 3.05) is 26.1 Å². The molecule has 0 aliphatic carbocycles. The van der Waals surface area contributed by atoms with Crippen molar-refractivity contribution < 1.29 is 23.9 Å². The second kappa shape index (κ2) is 12.1. The van der Waals surface area contributed by atoms with Gasteiger partial charge in [0.2, 0.25) is 17.7 Å². The molecule has 4 rings (SSSR count). The lowest BCUT2D eigenvalue weighted by Gasteiger charge is -2.11. The molecule has 3 amide bonds. The zero-order valence-electron chi connectivity index (χ0n) is 22.5. The smallest absolute Gasteiger partial charge is 0.276 e. The minimum Gasteiger partial charge on any atom is -0.494 e. The number of anilines is 1. The number of hydrogen-bond donors (Lipinski definition) is 3. The van der Waals surface area contributed by atoms with E-state index in [9.17, 15) is 14.4 Å². The van der Waals surface area contributed by atoms with Gasteiger partial charge >= 0.3 is 0 Å². The molecule has 14 nitrogen and oxygen atoms in total. The highest BCUT2D eigenvalue weighted by Gasteiger charge is 2.21. The summed E-state index contributed by atoms with van der Waals surface area (Å²) in [6, 6.07) is 4.74. The van der Waals surface area contributed by atoms with Gasteiger partial charge in [0.05, 0.1) is 37.8 Å². The Kier molecular flexibility index (Phi) is 8.37. The Bertz CT molecular complexity index is 1590. The Morgan fingerprint density at radius 2 is 1.85 bits per heavy atom. The Balaban J connectivity index is 1.59. The fraction of sp³-hybridized carbons (Fsp3) is 0.269. The first kappa shape index (κ1) is 27.8. The van der Waals surface area contributed by atoms with Gasteiger partial charge in [-0.3, -0.25) is 24.4 Å². The van der Waals surface area contributed by atoms with Crippen molar-refractivity contribution in [3.05, 3.63) is 65.4 Å². The number of imidazole rings is 1. The number of allylic oxidation sites excluding steroid dienone is 1. The maximum Gasteiger partial charge on any atom is 0.276 e. The van der Waals surface area contributed by atoms with Crippen molar-refractivity contribution in [1.82, 2.24) is 34.6 Å². The largest absolute Gasteiger partial charge is 0.494 e. The number of nitrogens with one attached hydrogen (secondary N) is 2. The molecule has 0 aliphatic rings. The number of nitrogens with two attached hydrogens (primary N) is 1. The number of benzene rings is 1. The molecule has 3 heterocycles. The number of hydrogen-bond acceptors (Lipinski definition) is 9. The van der Waals surface area contributed by atoms with Gasteiger partial charge in [0, 0.05) is 25.2 Å². The van der Waals surface area contributed by atoms with Crippen LogP contribution >= 0.6 is 0 Å². The highest BCUT2D eigenvalue weighted by molar-refractivity contribution is 6.04. The maximum absolute atomic E-state index is 13.2. The highest BCUT2D eigenvalue weighted by atomic mass is 16.5. The van der Waals surface area contributed by atoms with Gasteiger partial charge in [-0.05, 0) is 32.0 Å². The van der Waals surface area contributed by atoms with E-state index in [4.69, 9.17) is 15.2 Å². The van der Waals surface area contributed by atoms with Gasteiger partial charge in [0.25, 0.3) is 11.8 Å². The van der Waals surface area contributed by atoms with Crippen molar-refractivity contribution in [1.29, 1.82) is 0 Å². The van der Waals surface area contributed by atoms with Crippen molar-refractivity contribution in [3.8, 4) is 11.6 Å². The van der Waals surface area contributed by atoms with Gasteiger partial charge in [0.15, 0.2) is 0 Å². The summed E-state index contributed by atoms with van der Waals surface area (Å²) in [6.07, 6.45) is 6.21. The van der Waals surface area contributed by atoms with Crippen LogP contribution in [0, 0.1) is 6.92 Å². The van der Waals surface area contributed by atoms with Gasteiger partial charge in [-0.25, -0.2) is 15.0 Å². The third kappa shape index (κ3) is 5.90. The first-order valence-corrected chi connectivity index (χ1v) is 12.3. The number of methoxy groups -OCH3 is 2. The molecule has 0 fully saturated rings. The minimum atomic E-state index is -0.639. The van der Waals surface area contributed by atoms with E-state index in [1.165, 1.54) is 38.7 Å². The Labute approximate surface area is 229 Å². The average Bonchev–Trinajstić information content (AvgIpc) is 3.51. The standard InChI is InChI=1S/C26H29N9O5/c1-5-35-19(10-15(2)33-35)25(38)32-26-31-17-11-16(23(27)36)12-20(39-3)22(17)34(26)9-7-6-8-28-24(37)18-13-30-21(40-4)14-29-18/h6-7,10-14H,5,8-9H2,1-4H3,(H2,27,36)(H,28,37)(H,31,32,38)/b7-6+. The molecule has 4 aromatic rings. The molecule has 14 heteroatoms. The molecule has 4 N–H and O–H groups in total. The first-order chi connectivity index (χ1) is 19.2. The number of aromatic nitrogens is 6. The molecular weight excluding hydrogens is 518 g/mol. The van der Waals surface area contributed by atoms with Crippen molar-refractivity contribution in [2.24, 2.45) is 5.73 Å². The third-order valence-electron chi connectivity index (χ3n) is 5.88. The summed E-state index contributed by atoms with van der Waals surface area (Å²) >= 11 is 0. The molecule has 0 aliphatic heterocycles. The van der Waals surface area contributed by atoms with Crippen LogP contribution < -0.4 is 25.8 Å². The average molecular weight is 548 g/mol. The molecule has 0 spiro atoms. The van der Waals surface area contributed by atoms with Crippen LogP contribution in [0.3, 0.4) is 0 Å². The number of primary amides is 1. The summed E-state index contributed by atoms with van der Waals surface area (Å²) in [5.74, 6) is -0.550. The van der Waals surface area contributed by atoms with E-state index in [1.54, 1.807) is 34.4 Å². The van der Waals surface area contributed by atoms with Crippen LogP contribution in [0.4, 0.5) is 5.95 Å². The normalized spacial score (nSPS) is 11.1. The van der Waals surface area contributed by atoms with Crippen LogP contribution in [-0.2, 0) is 13.1 Å². The Hall–Kier alpha value is -5.27. The lowest BCUT2D eigenvalue weighted by Crippen LogP contribution is -2.24. The van der Waals surface area contributed by atoms with Crippen molar-refractivity contribution in [3.63, 3.8) is 0 Å². The van der Waals surface area contributed by atoms with Crippen molar-refractivity contribution in [2.45, 2.75) is 26.9 Å². The minimum absolute atomic E-state index is 0.149. The van der Waals surface area contributed by atoms with E-state index in [0.717, 1.165) is 0 Å². The fourth-order valence-electron chi connectivity index (χ4n) is 3.98. The van der Waals surface area contributed by atoms with Gasteiger partial charge in [-0.2, -0.15) is 5.10 Å². The monoisotopic (exact) mass is 547 g/mol. The Morgan fingerprint density at radius 3 is 2.50 bits per heavy atom. The SMILES string of the molecule is CCn1nc(C)cc1C(=O)Nc1nc2cc(C(N)=O)cc(OC)c2n1C/C=C/CNC(=O)c1cnc(OC)cn1. The van der Waals surface area contributed by atoms with Gasteiger partial charge in [-0.15, -0.1) is 0 Å². The lowest BCUT2D eigenvalue weighted by molar-refractivity contribution is 0.0950. The predicted octanol–water partition coefficient (Wildman–Crippen LogP) is 1.71. The number of rotatable bonds is 11. The number of carbonyl (C=O) groups is 3. The van der Waals surface area contributed by atoms with Crippen LogP contribution in [0.1, 0.15) is 44.0 Å². The highest BCUT2D eigenvalue weighted by Crippen LogP contribution is 2.31. The second-order valence-corrected chi connectivity index (χ2v) is 8.52.